The summed E-state index contributed by atoms with van der Waals surface area (Å²) >= 11 is 9.89. The van der Waals surface area contributed by atoms with Gasteiger partial charge in [0.2, 0.25) is 0 Å². The molecule has 0 unspecified atom stereocenters. The van der Waals surface area contributed by atoms with Gasteiger partial charge in [-0.3, -0.25) is 0 Å². The van der Waals surface area contributed by atoms with Crippen LogP contribution in [-0.2, 0) is 13.0 Å². The summed E-state index contributed by atoms with van der Waals surface area (Å²) in [6.07, 6.45) is 2.53. The van der Waals surface area contributed by atoms with Crippen LogP contribution in [0.3, 0.4) is 0 Å². The second kappa shape index (κ2) is 5.43. The van der Waals surface area contributed by atoms with Crippen LogP contribution < -0.4 is 4.90 Å². The van der Waals surface area contributed by atoms with E-state index in [1.165, 1.54) is 5.56 Å². The number of rotatable bonds is 1. The first-order valence-electron chi connectivity index (χ1n) is 6.26. The van der Waals surface area contributed by atoms with E-state index in [1.54, 1.807) is 12.3 Å². The van der Waals surface area contributed by atoms with Gasteiger partial charge in [0.1, 0.15) is 11.9 Å². The molecule has 1 aromatic carbocycles. The maximum atomic E-state index is 8.81. The molecule has 5 heteroatoms. The molecule has 0 atom stereocenters. The number of pyridine rings is 1. The molecule has 1 aliphatic rings. The van der Waals surface area contributed by atoms with Crippen molar-refractivity contribution in [2.45, 2.75) is 13.0 Å². The molecule has 0 fully saturated rings. The zero-order chi connectivity index (χ0) is 14.1. The molecule has 0 amide bonds. The molecule has 0 aliphatic carbocycles. The molecule has 0 spiro atoms. The molecule has 0 bridgehead atoms. The van der Waals surface area contributed by atoms with Gasteiger partial charge in [0.05, 0.1) is 5.56 Å². The number of hydrogen-bond acceptors (Lipinski definition) is 3. The number of fused-ring (bicyclic) bond motifs is 1. The lowest BCUT2D eigenvalue weighted by atomic mass is 10.00. The number of halogens is 2. The third-order valence-electron chi connectivity index (χ3n) is 3.50. The molecule has 20 heavy (non-hydrogen) atoms. The van der Waals surface area contributed by atoms with Gasteiger partial charge in [0, 0.05) is 28.8 Å². The summed E-state index contributed by atoms with van der Waals surface area (Å²) in [6, 6.07) is 9.67. The molecule has 0 N–H and O–H groups in total. The molecule has 0 saturated carbocycles. The second-order valence-corrected chi connectivity index (χ2v) is 5.94. The first-order valence-corrected chi connectivity index (χ1v) is 7.43. The lowest BCUT2D eigenvalue weighted by Crippen LogP contribution is -2.31. The quantitative estimate of drug-likeness (QED) is 0.784. The Morgan fingerprint density at radius 2 is 2.10 bits per heavy atom. The van der Waals surface area contributed by atoms with Crippen LogP contribution in [0.25, 0.3) is 0 Å². The summed E-state index contributed by atoms with van der Waals surface area (Å²) in [6.45, 7) is 1.64. The summed E-state index contributed by atoms with van der Waals surface area (Å²) in [5.41, 5.74) is 3.01. The van der Waals surface area contributed by atoms with Crippen molar-refractivity contribution < 1.29 is 0 Å². The minimum atomic E-state index is 0.576. The van der Waals surface area contributed by atoms with Crippen molar-refractivity contribution in [1.82, 2.24) is 4.98 Å². The Kier molecular flexibility index (Phi) is 3.64. The van der Waals surface area contributed by atoms with Crippen LogP contribution in [0.2, 0.25) is 5.02 Å². The second-order valence-electron chi connectivity index (χ2n) is 4.67. The molecule has 2 heterocycles. The normalized spacial score (nSPS) is 13.8. The van der Waals surface area contributed by atoms with E-state index in [1.807, 2.05) is 18.2 Å². The van der Waals surface area contributed by atoms with Gasteiger partial charge in [0.25, 0.3) is 0 Å². The monoisotopic (exact) mass is 347 g/mol. The number of benzene rings is 1. The third-order valence-corrected chi connectivity index (χ3v) is 4.60. The van der Waals surface area contributed by atoms with Crippen molar-refractivity contribution in [2.24, 2.45) is 0 Å². The molecule has 1 aliphatic heterocycles. The van der Waals surface area contributed by atoms with Crippen molar-refractivity contribution in [1.29, 1.82) is 5.26 Å². The first kappa shape index (κ1) is 13.4. The molecule has 3 nitrogen and oxygen atoms in total. The SMILES string of the molecule is N#Cc1ccc(N2CCc3c(Br)ccc(Cl)c3C2)nc1. The number of anilines is 1. The predicted molar refractivity (Wildman–Crippen MR) is 82.9 cm³/mol. The fourth-order valence-electron chi connectivity index (χ4n) is 2.43. The van der Waals surface area contributed by atoms with E-state index in [-0.39, 0.29) is 0 Å². The molecule has 2 aromatic rings. The van der Waals surface area contributed by atoms with Crippen molar-refractivity contribution >= 4 is 33.3 Å². The minimum absolute atomic E-state index is 0.576. The van der Waals surface area contributed by atoms with Gasteiger partial charge >= 0.3 is 0 Å². The van der Waals surface area contributed by atoms with Gasteiger partial charge < -0.3 is 4.90 Å². The highest BCUT2D eigenvalue weighted by atomic mass is 79.9. The van der Waals surface area contributed by atoms with Crippen LogP contribution in [0.15, 0.2) is 34.9 Å². The average Bonchev–Trinajstić information content (AvgIpc) is 2.51. The molecule has 0 radical (unpaired) electrons. The van der Waals surface area contributed by atoms with Gasteiger partial charge in [-0.15, -0.1) is 0 Å². The largest absolute Gasteiger partial charge is 0.352 e. The van der Waals surface area contributed by atoms with Crippen molar-refractivity contribution in [3.63, 3.8) is 0 Å². The van der Waals surface area contributed by atoms with Crippen molar-refractivity contribution in [3.8, 4) is 6.07 Å². The van der Waals surface area contributed by atoms with Crippen molar-refractivity contribution in [3.05, 3.63) is 56.6 Å². The fraction of sp³-hybridized carbons (Fsp3) is 0.200. The van der Waals surface area contributed by atoms with E-state index in [0.29, 0.717) is 5.56 Å². The van der Waals surface area contributed by atoms with E-state index in [9.17, 15) is 0 Å². The first-order chi connectivity index (χ1) is 9.69. The maximum absolute atomic E-state index is 8.81. The number of hydrogen-bond donors (Lipinski definition) is 0. The predicted octanol–water partition coefficient (Wildman–Crippen LogP) is 3.93. The molecular weight excluding hydrogens is 338 g/mol. The Labute approximate surface area is 130 Å². The van der Waals surface area contributed by atoms with Gasteiger partial charge in [-0.1, -0.05) is 27.5 Å². The Morgan fingerprint density at radius 3 is 2.80 bits per heavy atom. The maximum Gasteiger partial charge on any atom is 0.128 e. The molecule has 100 valence electrons. The van der Waals surface area contributed by atoms with Crippen LogP contribution in [0.1, 0.15) is 16.7 Å². The Morgan fingerprint density at radius 1 is 1.25 bits per heavy atom. The van der Waals surface area contributed by atoms with Gasteiger partial charge in [-0.2, -0.15) is 5.26 Å². The van der Waals surface area contributed by atoms with Gasteiger partial charge in [-0.25, -0.2) is 4.98 Å². The Hall–Kier alpha value is -1.57. The zero-order valence-corrected chi connectivity index (χ0v) is 12.9. The van der Waals surface area contributed by atoms with E-state index in [4.69, 9.17) is 16.9 Å². The highest BCUT2D eigenvalue weighted by Gasteiger charge is 2.21. The lowest BCUT2D eigenvalue weighted by Gasteiger charge is -2.31. The summed E-state index contributed by atoms with van der Waals surface area (Å²) < 4.78 is 1.12. The van der Waals surface area contributed by atoms with E-state index >= 15 is 0 Å². The minimum Gasteiger partial charge on any atom is -0.352 e. The van der Waals surface area contributed by atoms with Crippen molar-refractivity contribution in [2.75, 3.05) is 11.4 Å². The number of aromatic nitrogens is 1. The Bertz CT molecular complexity index is 692. The summed E-state index contributed by atoms with van der Waals surface area (Å²) in [5, 5.41) is 9.60. The van der Waals surface area contributed by atoms with Crippen LogP contribution in [0, 0.1) is 11.3 Å². The molecule has 1 aromatic heterocycles. The van der Waals surface area contributed by atoms with Crippen LogP contribution in [0.4, 0.5) is 5.82 Å². The number of nitrogens with zero attached hydrogens (tertiary/aromatic N) is 3. The van der Waals surface area contributed by atoms with Crippen LogP contribution >= 0.6 is 27.5 Å². The highest BCUT2D eigenvalue weighted by molar-refractivity contribution is 9.10. The standard InChI is InChI=1S/C15H11BrClN3/c16-13-2-3-14(17)12-9-20(6-5-11(12)13)15-4-1-10(7-18)8-19-15/h1-4,8H,5-6,9H2. The van der Waals surface area contributed by atoms with E-state index in [2.05, 4.69) is 31.9 Å². The molecule has 3 rings (SSSR count). The topological polar surface area (TPSA) is 39.9 Å². The summed E-state index contributed by atoms with van der Waals surface area (Å²) in [5.74, 6) is 0.880. The Balaban J connectivity index is 1.92. The lowest BCUT2D eigenvalue weighted by molar-refractivity contribution is 0.718. The zero-order valence-electron chi connectivity index (χ0n) is 10.6. The van der Waals surface area contributed by atoms with Crippen LogP contribution in [-0.4, -0.2) is 11.5 Å². The van der Waals surface area contributed by atoms with E-state index in [0.717, 1.165) is 40.4 Å². The van der Waals surface area contributed by atoms with Gasteiger partial charge in [-0.05, 0) is 41.8 Å². The average molecular weight is 349 g/mol. The summed E-state index contributed by atoms with van der Waals surface area (Å²) in [7, 11) is 0. The third kappa shape index (κ3) is 2.39. The van der Waals surface area contributed by atoms with E-state index < -0.39 is 0 Å². The van der Waals surface area contributed by atoms with Crippen LogP contribution in [0.5, 0.6) is 0 Å². The fourth-order valence-corrected chi connectivity index (χ4v) is 3.24. The number of nitriles is 1. The summed E-state index contributed by atoms with van der Waals surface area (Å²) in [4.78, 5) is 6.53. The van der Waals surface area contributed by atoms with Gasteiger partial charge in [0.15, 0.2) is 0 Å². The molecular formula is C15H11BrClN3. The smallest absolute Gasteiger partial charge is 0.128 e. The highest BCUT2D eigenvalue weighted by Crippen LogP contribution is 2.33. The molecule has 0 saturated heterocycles.